The van der Waals surface area contributed by atoms with Crippen LogP contribution in [-0.2, 0) is 0 Å². The molecular formula is C19H24N2O2S. The second-order valence-corrected chi connectivity index (χ2v) is 6.14. The van der Waals surface area contributed by atoms with Crippen molar-refractivity contribution in [2.75, 3.05) is 19.5 Å². The number of aryl methyl sites for hydroxylation is 2. The van der Waals surface area contributed by atoms with Gasteiger partial charge in [0.2, 0.25) is 0 Å². The summed E-state index contributed by atoms with van der Waals surface area (Å²) in [5.41, 5.74) is 4.55. The van der Waals surface area contributed by atoms with Gasteiger partial charge in [-0.05, 0) is 61.8 Å². The lowest BCUT2D eigenvalue weighted by molar-refractivity contribution is 0.395. The van der Waals surface area contributed by atoms with Crippen molar-refractivity contribution in [3.05, 3.63) is 53.1 Å². The second-order valence-electron chi connectivity index (χ2n) is 5.73. The Labute approximate surface area is 149 Å². The van der Waals surface area contributed by atoms with E-state index in [-0.39, 0.29) is 6.04 Å². The molecule has 0 aliphatic carbocycles. The van der Waals surface area contributed by atoms with Gasteiger partial charge in [0.25, 0.3) is 0 Å². The van der Waals surface area contributed by atoms with E-state index in [0.717, 1.165) is 11.4 Å². The molecule has 2 rings (SSSR count). The first-order chi connectivity index (χ1) is 11.4. The molecule has 0 saturated carbocycles. The summed E-state index contributed by atoms with van der Waals surface area (Å²) >= 11 is 5.43. The van der Waals surface area contributed by atoms with Gasteiger partial charge < -0.3 is 20.1 Å². The molecule has 0 fully saturated rings. The third-order valence-corrected chi connectivity index (χ3v) is 4.26. The fourth-order valence-electron chi connectivity index (χ4n) is 2.37. The zero-order valence-corrected chi connectivity index (χ0v) is 15.6. The summed E-state index contributed by atoms with van der Waals surface area (Å²) in [6.07, 6.45) is 0. The number of anilines is 1. The van der Waals surface area contributed by atoms with Gasteiger partial charge in [-0.2, -0.15) is 0 Å². The number of rotatable bonds is 5. The van der Waals surface area contributed by atoms with Gasteiger partial charge in [-0.15, -0.1) is 0 Å². The Morgan fingerprint density at radius 1 is 1.00 bits per heavy atom. The minimum atomic E-state index is 0.105. The zero-order valence-electron chi connectivity index (χ0n) is 14.8. The van der Waals surface area contributed by atoms with Crippen molar-refractivity contribution in [3.8, 4) is 11.5 Å². The molecule has 0 spiro atoms. The van der Waals surface area contributed by atoms with E-state index in [1.165, 1.54) is 16.7 Å². The van der Waals surface area contributed by atoms with Crippen LogP contribution < -0.4 is 20.1 Å². The predicted molar refractivity (Wildman–Crippen MR) is 103 cm³/mol. The molecule has 0 radical (unpaired) electrons. The van der Waals surface area contributed by atoms with E-state index in [4.69, 9.17) is 21.7 Å². The molecule has 1 atom stereocenters. The van der Waals surface area contributed by atoms with Crippen LogP contribution in [0.1, 0.15) is 29.7 Å². The fourth-order valence-corrected chi connectivity index (χ4v) is 2.66. The number of hydrogen-bond acceptors (Lipinski definition) is 3. The molecule has 0 amide bonds. The molecule has 0 aromatic heterocycles. The number of thiocarbonyl (C=S) groups is 1. The van der Waals surface area contributed by atoms with Gasteiger partial charge in [-0.1, -0.05) is 18.2 Å². The SMILES string of the molecule is COc1ccc(NC(=S)N[C@H](C)c2ccc(C)c(C)c2)c(OC)c1. The first-order valence-electron chi connectivity index (χ1n) is 7.81. The Morgan fingerprint density at radius 2 is 1.75 bits per heavy atom. The normalized spacial score (nSPS) is 11.5. The van der Waals surface area contributed by atoms with Crippen molar-refractivity contribution in [3.63, 3.8) is 0 Å². The number of methoxy groups -OCH3 is 2. The van der Waals surface area contributed by atoms with Crippen molar-refractivity contribution in [1.82, 2.24) is 5.32 Å². The highest BCUT2D eigenvalue weighted by molar-refractivity contribution is 7.80. The van der Waals surface area contributed by atoms with E-state index in [9.17, 15) is 0 Å². The molecule has 2 aromatic rings. The van der Waals surface area contributed by atoms with E-state index < -0.39 is 0 Å². The van der Waals surface area contributed by atoms with Crippen molar-refractivity contribution >= 4 is 23.0 Å². The summed E-state index contributed by atoms with van der Waals surface area (Å²) in [6.45, 7) is 6.31. The van der Waals surface area contributed by atoms with Crippen LogP contribution in [-0.4, -0.2) is 19.3 Å². The maximum absolute atomic E-state index is 5.43. The third kappa shape index (κ3) is 4.38. The van der Waals surface area contributed by atoms with E-state index >= 15 is 0 Å². The van der Waals surface area contributed by atoms with Gasteiger partial charge in [0.05, 0.1) is 25.9 Å². The van der Waals surface area contributed by atoms with E-state index in [1.807, 2.05) is 18.2 Å². The molecule has 0 aliphatic rings. The highest BCUT2D eigenvalue weighted by atomic mass is 32.1. The molecule has 0 aliphatic heterocycles. The molecule has 0 saturated heterocycles. The zero-order chi connectivity index (χ0) is 17.7. The number of nitrogens with one attached hydrogen (secondary N) is 2. The van der Waals surface area contributed by atoms with Crippen LogP contribution in [0.3, 0.4) is 0 Å². The molecule has 0 bridgehead atoms. The van der Waals surface area contributed by atoms with E-state index in [1.54, 1.807) is 14.2 Å². The maximum Gasteiger partial charge on any atom is 0.171 e. The lowest BCUT2D eigenvalue weighted by Gasteiger charge is -2.19. The quantitative estimate of drug-likeness (QED) is 0.789. The number of benzene rings is 2. The summed E-state index contributed by atoms with van der Waals surface area (Å²) < 4.78 is 10.6. The summed E-state index contributed by atoms with van der Waals surface area (Å²) in [7, 11) is 3.24. The highest BCUT2D eigenvalue weighted by Gasteiger charge is 2.10. The van der Waals surface area contributed by atoms with Gasteiger partial charge in [-0.3, -0.25) is 0 Å². The molecule has 128 valence electrons. The summed E-state index contributed by atoms with van der Waals surface area (Å²) in [5.74, 6) is 1.41. The summed E-state index contributed by atoms with van der Waals surface area (Å²) in [5, 5.41) is 7.03. The maximum atomic E-state index is 5.43. The van der Waals surface area contributed by atoms with Gasteiger partial charge in [0.15, 0.2) is 5.11 Å². The van der Waals surface area contributed by atoms with Crippen LogP contribution in [0.25, 0.3) is 0 Å². The van der Waals surface area contributed by atoms with Gasteiger partial charge in [0, 0.05) is 6.07 Å². The molecular weight excluding hydrogens is 320 g/mol. The van der Waals surface area contributed by atoms with Gasteiger partial charge >= 0.3 is 0 Å². The Kier molecular flexibility index (Phi) is 6.04. The van der Waals surface area contributed by atoms with Crippen LogP contribution in [0.5, 0.6) is 11.5 Å². The van der Waals surface area contributed by atoms with Gasteiger partial charge in [-0.25, -0.2) is 0 Å². The number of hydrogen-bond donors (Lipinski definition) is 2. The molecule has 24 heavy (non-hydrogen) atoms. The molecule has 2 N–H and O–H groups in total. The Morgan fingerprint density at radius 3 is 2.38 bits per heavy atom. The molecule has 0 unspecified atom stereocenters. The van der Waals surface area contributed by atoms with Crippen molar-refractivity contribution in [2.24, 2.45) is 0 Å². The summed E-state index contributed by atoms with van der Waals surface area (Å²) in [6, 6.07) is 12.1. The molecule has 0 heterocycles. The molecule has 2 aromatic carbocycles. The lowest BCUT2D eigenvalue weighted by Crippen LogP contribution is -2.31. The largest absolute Gasteiger partial charge is 0.497 e. The predicted octanol–water partition coefficient (Wildman–Crippen LogP) is 4.37. The topological polar surface area (TPSA) is 42.5 Å². The molecule has 5 heteroatoms. The van der Waals surface area contributed by atoms with Crippen molar-refractivity contribution in [1.29, 1.82) is 0 Å². The second kappa shape index (κ2) is 8.02. The molecule has 4 nitrogen and oxygen atoms in total. The fraction of sp³-hybridized carbons (Fsp3) is 0.316. The van der Waals surface area contributed by atoms with Crippen LogP contribution in [0.2, 0.25) is 0 Å². The first kappa shape index (κ1) is 18.1. The number of ether oxygens (including phenoxy) is 2. The average Bonchev–Trinajstić information content (AvgIpc) is 2.57. The third-order valence-electron chi connectivity index (χ3n) is 4.04. The lowest BCUT2D eigenvalue weighted by atomic mass is 10.0. The highest BCUT2D eigenvalue weighted by Crippen LogP contribution is 2.29. The summed E-state index contributed by atoms with van der Waals surface area (Å²) in [4.78, 5) is 0. The van der Waals surface area contributed by atoms with Crippen LogP contribution in [0.15, 0.2) is 36.4 Å². The smallest absolute Gasteiger partial charge is 0.171 e. The average molecular weight is 344 g/mol. The Hall–Kier alpha value is -2.27. The van der Waals surface area contributed by atoms with Crippen molar-refractivity contribution in [2.45, 2.75) is 26.8 Å². The van der Waals surface area contributed by atoms with E-state index in [2.05, 4.69) is 49.6 Å². The van der Waals surface area contributed by atoms with Crippen LogP contribution in [0, 0.1) is 13.8 Å². The van der Waals surface area contributed by atoms with Crippen molar-refractivity contribution < 1.29 is 9.47 Å². The Bertz CT molecular complexity index is 731. The monoisotopic (exact) mass is 344 g/mol. The van der Waals surface area contributed by atoms with Crippen LogP contribution in [0.4, 0.5) is 5.69 Å². The van der Waals surface area contributed by atoms with E-state index in [0.29, 0.717) is 10.9 Å². The van der Waals surface area contributed by atoms with Crippen LogP contribution >= 0.6 is 12.2 Å². The Balaban J connectivity index is 2.06. The van der Waals surface area contributed by atoms with Gasteiger partial charge in [0.1, 0.15) is 11.5 Å². The first-order valence-corrected chi connectivity index (χ1v) is 8.22. The minimum absolute atomic E-state index is 0.105. The minimum Gasteiger partial charge on any atom is -0.497 e. The standard InChI is InChI=1S/C19H24N2O2S/c1-12-6-7-15(10-13(12)2)14(3)20-19(24)21-17-9-8-16(22-4)11-18(17)23-5/h6-11,14H,1-5H3,(H2,20,21,24)/t14-/m1/s1.